The number of fused-ring (bicyclic) bond motifs is 5. The number of hydrogen-bond donors (Lipinski definition) is 3. The Morgan fingerprint density at radius 2 is 2.00 bits per heavy atom. The van der Waals surface area contributed by atoms with Crippen molar-refractivity contribution < 1.29 is 19.8 Å². The normalized spacial score (nSPS) is 32.4. The lowest BCUT2D eigenvalue weighted by molar-refractivity contribution is -0.148. The average Bonchev–Trinajstić information content (AvgIpc) is 3.19. The summed E-state index contributed by atoms with van der Waals surface area (Å²) in [4.78, 5) is 26.6. The van der Waals surface area contributed by atoms with Crippen molar-refractivity contribution in [1.82, 2.24) is 14.8 Å². The maximum atomic E-state index is 12.5. The van der Waals surface area contributed by atoms with Crippen LogP contribution in [0.2, 0.25) is 0 Å². The maximum Gasteiger partial charge on any atom is 0.268 e. The summed E-state index contributed by atoms with van der Waals surface area (Å²) in [6.45, 7) is 0.705. The average molecular weight is 426 g/mol. The smallest absolute Gasteiger partial charge is 0.268 e. The quantitative estimate of drug-likeness (QED) is 0.600. The Balaban J connectivity index is 1.55. The number of carbonyl (C=O) groups excluding carboxylic acids is 2. The first kappa shape index (κ1) is 18.0. The van der Waals surface area contributed by atoms with Gasteiger partial charge in [-0.2, -0.15) is 0 Å². The maximum absolute atomic E-state index is 12.5. The largest absolute Gasteiger partial charge is 0.396 e. The van der Waals surface area contributed by atoms with E-state index in [2.05, 4.69) is 21.2 Å². The van der Waals surface area contributed by atoms with Crippen molar-refractivity contribution in [3.05, 3.63) is 22.4 Å². The molecule has 8 heteroatoms. The Hall–Kier alpha value is -1.38. The fraction of sp³-hybridized carbons (Fsp3) is 0.667. The first-order chi connectivity index (χ1) is 12.5. The second kappa shape index (κ2) is 6.65. The third kappa shape index (κ3) is 2.61. The molecule has 4 atom stereocenters. The van der Waals surface area contributed by atoms with E-state index in [4.69, 9.17) is 5.11 Å². The van der Waals surface area contributed by atoms with Crippen LogP contribution in [0.1, 0.15) is 55.1 Å². The van der Waals surface area contributed by atoms with Crippen molar-refractivity contribution in [1.29, 1.82) is 0 Å². The van der Waals surface area contributed by atoms with Crippen molar-refractivity contribution in [2.24, 2.45) is 5.92 Å². The SMILES string of the molecule is O=C1N[C@@H]2[C@@H](C[C@]3(O)[C@H]2CC(=O)N3CCCCCCO)n2c(Br)ccc21. The molecule has 0 aromatic carbocycles. The second-order valence-electron chi connectivity index (χ2n) is 7.55. The third-order valence-corrected chi connectivity index (χ3v) is 6.78. The molecule has 142 valence electrons. The van der Waals surface area contributed by atoms with E-state index in [-0.39, 0.29) is 42.8 Å². The minimum atomic E-state index is -1.21. The van der Waals surface area contributed by atoms with Gasteiger partial charge in [-0.3, -0.25) is 9.59 Å². The fourth-order valence-electron chi connectivity index (χ4n) is 4.93. The molecule has 1 aromatic rings. The van der Waals surface area contributed by atoms with Gasteiger partial charge in [-0.25, -0.2) is 0 Å². The summed E-state index contributed by atoms with van der Waals surface area (Å²) in [6.07, 6.45) is 4.10. The molecule has 1 saturated heterocycles. The number of unbranched alkanes of at least 4 members (excludes halogenated alkanes) is 3. The molecular formula is C18H24BrN3O4. The van der Waals surface area contributed by atoms with Crippen molar-refractivity contribution >= 4 is 27.7 Å². The molecule has 3 heterocycles. The topological polar surface area (TPSA) is 94.8 Å². The summed E-state index contributed by atoms with van der Waals surface area (Å²) >= 11 is 3.51. The van der Waals surface area contributed by atoms with Crippen LogP contribution >= 0.6 is 15.9 Å². The first-order valence-corrected chi connectivity index (χ1v) is 10.1. The number of aliphatic hydroxyl groups excluding tert-OH is 1. The van der Waals surface area contributed by atoms with Crippen molar-refractivity contribution in [2.45, 2.75) is 56.3 Å². The number of aromatic nitrogens is 1. The number of carbonyl (C=O) groups is 2. The van der Waals surface area contributed by atoms with Crippen LogP contribution < -0.4 is 5.32 Å². The first-order valence-electron chi connectivity index (χ1n) is 9.28. The standard InChI is InChI=1S/C18H24BrN3O4/c19-14-6-5-12-17(25)20-16-11-9-15(24)21(7-3-1-2-4-8-23)18(11,26)10-13(16)22(12)14/h5-6,11,13,16,23,26H,1-4,7-10H2,(H,20,25)/t11-,13+,16-,18-/m0/s1. The summed E-state index contributed by atoms with van der Waals surface area (Å²) in [5.41, 5.74) is -0.620. The van der Waals surface area contributed by atoms with E-state index in [1.807, 2.05) is 10.6 Å². The highest BCUT2D eigenvalue weighted by molar-refractivity contribution is 9.10. The fourth-order valence-corrected chi connectivity index (χ4v) is 5.52. The summed E-state index contributed by atoms with van der Waals surface area (Å²) in [5.74, 6) is -0.482. The Labute approximate surface area is 160 Å². The molecular weight excluding hydrogens is 402 g/mol. The van der Waals surface area contributed by atoms with E-state index in [0.717, 1.165) is 30.3 Å². The lowest BCUT2D eigenvalue weighted by Gasteiger charge is -2.34. The molecule has 3 N–H and O–H groups in total. The number of likely N-dealkylation sites (tertiary alicyclic amines) is 1. The Morgan fingerprint density at radius 1 is 1.23 bits per heavy atom. The Kier molecular flexibility index (Phi) is 4.61. The predicted octanol–water partition coefficient (Wildman–Crippen LogP) is 1.40. The third-order valence-electron chi connectivity index (χ3n) is 6.13. The van der Waals surface area contributed by atoms with Gasteiger partial charge in [-0.15, -0.1) is 0 Å². The number of amides is 2. The zero-order valence-corrected chi connectivity index (χ0v) is 16.1. The number of rotatable bonds is 6. The highest BCUT2D eigenvalue weighted by Gasteiger charge is 2.63. The molecule has 1 saturated carbocycles. The van der Waals surface area contributed by atoms with E-state index in [1.54, 1.807) is 11.0 Å². The van der Waals surface area contributed by atoms with Crippen LogP contribution in [0.4, 0.5) is 0 Å². The van der Waals surface area contributed by atoms with Crippen LogP contribution in [-0.4, -0.2) is 56.4 Å². The molecule has 3 aliphatic rings. The zero-order valence-electron chi connectivity index (χ0n) is 14.5. The molecule has 0 radical (unpaired) electrons. The monoisotopic (exact) mass is 425 g/mol. The lowest BCUT2D eigenvalue weighted by Crippen LogP contribution is -2.50. The number of halogens is 1. The van der Waals surface area contributed by atoms with E-state index >= 15 is 0 Å². The van der Waals surface area contributed by atoms with Crippen LogP contribution in [0, 0.1) is 5.92 Å². The van der Waals surface area contributed by atoms with E-state index in [1.165, 1.54) is 0 Å². The molecule has 0 unspecified atom stereocenters. The summed E-state index contributed by atoms with van der Waals surface area (Å²) < 4.78 is 2.77. The van der Waals surface area contributed by atoms with Crippen molar-refractivity contribution in [3.63, 3.8) is 0 Å². The molecule has 7 nitrogen and oxygen atoms in total. The number of aliphatic hydroxyl groups is 2. The van der Waals surface area contributed by atoms with Gasteiger partial charge < -0.3 is 25.0 Å². The van der Waals surface area contributed by atoms with E-state index < -0.39 is 5.72 Å². The van der Waals surface area contributed by atoms with Crippen LogP contribution in [0.5, 0.6) is 0 Å². The summed E-state index contributed by atoms with van der Waals surface area (Å²) in [6, 6.07) is 3.32. The molecule has 26 heavy (non-hydrogen) atoms. The molecule has 1 aromatic heterocycles. The molecule has 2 amide bonds. The van der Waals surface area contributed by atoms with Crippen LogP contribution in [0.15, 0.2) is 16.7 Å². The van der Waals surface area contributed by atoms with Crippen molar-refractivity contribution in [3.8, 4) is 0 Å². The van der Waals surface area contributed by atoms with Gasteiger partial charge in [0.25, 0.3) is 5.91 Å². The van der Waals surface area contributed by atoms with Crippen LogP contribution in [0.25, 0.3) is 0 Å². The number of nitrogens with zero attached hydrogens (tertiary/aromatic N) is 2. The molecule has 0 spiro atoms. The van der Waals surface area contributed by atoms with Gasteiger partial charge in [0, 0.05) is 31.9 Å². The van der Waals surface area contributed by atoms with E-state index in [9.17, 15) is 14.7 Å². The minimum Gasteiger partial charge on any atom is -0.396 e. The van der Waals surface area contributed by atoms with Gasteiger partial charge in [-0.1, -0.05) is 12.8 Å². The molecule has 0 bridgehead atoms. The van der Waals surface area contributed by atoms with Gasteiger partial charge >= 0.3 is 0 Å². The second-order valence-corrected chi connectivity index (χ2v) is 8.37. The number of nitrogens with one attached hydrogen (secondary N) is 1. The highest BCUT2D eigenvalue weighted by atomic mass is 79.9. The van der Waals surface area contributed by atoms with Crippen LogP contribution in [0.3, 0.4) is 0 Å². The lowest BCUT2D eigenvalue weighted by atomic mass is 9.95. The highest BCUT2D eigenvalue weighted by Crippen LogP contribution is 2.52. The zero-order chi connectivity index (χ0) is 18.5. The minimum absolute atomic E-state index is 0.0373. The van der Waals surface area contributed by atoms with Crippen molar-refractivity contribution in [2.75, 3.05) is 13.2 Å². The van der Waals surface area contributed by atoms with Gasteiger partial charge in [0.15, 0.2) is 0 Å². The summed E-state index contributed by atoms with van der Waals surface area (Å²) in [5, 5.41) is 23.3. The van der Waals surface area contributed by atoms with Crippen LogP contribution in [-0.2, 0) is 4.79 Å². The predicted molar refractivity (Wildman–Crippen MR) is 97.4 cm³/mol. The number of hydrogen-bond acceptors (Lipinski definition) is 4. The Morgan fingerprint density at radius 3 is 2.77 bits per heavy atom. The van der Waals surface area contributed by atoms with Gasteiger partial charge in [-0.05, 0) is 40.9 Å². The Bertz CT molecular complexity index is 736. The summed E-state index contributed by atoms with van der Waals surface area (Å²) in [7, 11) is 0. The molecule has 2 aliphatic heterocycles. The van der Waals surface area contributed by atoms with Gasteiger partial charge in [0.05, 0.1) is 16.7 Å². The van der Waals surface area contributed by atoms with Gasteiger partial charge in [0.2, 0.25) is 5.91 Å². The molecule has 1 aliphatic carbocycles. The molecule has 2 fully saturated rings. The molecule has 4 rings (SSSR count). The van der Waals surface area contributed by atoms with E-state index in [0.29, 0.717) is 18.7 Å². The van der Waals surface area contributed by atoms with Gasteiger partial charge in [0.1, 0.15) is 11.4 Å².